The van der Waals surface area contributed by atoms with Crippen LogP contribution in [-0.4, -0.2) is 4.40 Å². The highest BCUT2D eigenvalue weighted by molar-refractivity contribution is 7.26. The van der Waals surface area contributed by atoms with Crippen molar-refractivity contribution < 1.29 is 0 Å². The molecule has 71 heavy (non-hydrogen) atoms. The molecule has 4 aromatic heterocycles. The molecule has 0 fully saturated rings. The van der Waals surface area contributed by atoms with E-state index in [9.17, 15) is 0 Å². The molecule has 332 valence electrons. The third-order valence-electron chi connectivity index (χ3n) is 14.5. The molecule has 0 aliphatic carbocycles. The van der Waals surface area contributed by atoms with Gasteiger partial charge in [-0.05, 0) is 107 Å². The van der Waals surface area contributed by atoms with E-state index >= 15 is 0 Å². The molecule has 4 heterocycles. The second-order valence-electron chi connectivity index (χ2n) is 18.4. The predicted octanol–water partition coefficient (Wildman–Crippen LogP) is 19.8. The van der Waals surface area contributed by atoms with Crippen molar-refractivity contribution in [3.05, 3.63) is 249 Å². The Labute approximate surface area is 417 Å². The molecule has 15 aromatic rings. The Bertz CT molecular complexity index is 4260. The van der Waals surface area contributed by atoms with Crippen LogP contribution in [0.3, 0.4) is 0 Å². The van der Waals surface area contributed by atoms with E-state index in [1.165, 1.54) is 112 Å². The number of hydrogen-bond acceptors (Lipinski definition) is 4. The first kappa shape index (κ1) is 40.2. The fraction of sp³-hybridized carbons (Fsp3) is 0. The van der Waals surface area contributed by atoms with E-state index in [2.05, 4.69) is 263 Å². The number of para-hydroxylation sites is 3. The average Bonchev–Trinajstić information content (AvgIpc) is 4.20. The van der Waals surface area contributed by atoms with Gasteiger partial charge in [-0.3, -0.25) is 0 Å². The van der Waals surface area contributed by atoms with Crippen molar-refractivity contribution >= 4 is 135 Å². The van der Waals surface area contributed by atoms with Crippen LogP contribution in [-0.2, 0) is 0 Å². The number of hydrogen-bond donors (Lipinski definition) is 0. The first-order chi connectivity index (χ1) is 35.2. The molecule has 0 N–H and O–H groups in total. The van der Waals surface area contributed by atoms with Gasteiger partial charge in [0.25, 0.3) is 0 Å². The molecular formula is C66H41N3S2. The zero-order valence-electron chi connectivity index (χ0n) is 38.3. The maximum Gasteiger partial charge on any atom is 0.0640 e. The van der Waals surface area contributed by atoms with Crippen LogP contribution >= 0.6 is 22.7 Å². The fourth-order valence-electron chi connectivity index (χ4n) is 11.5. The third kappa shape index (κ3) is 6.13. The van der Waals surface area contributed by atoms with Gasteiger partial charge in [0.15, 0.2) is 0 Å². The van der Waals surface area contributed by atoms with E-state index in [-0.39, 0.29) is 0 Å². The Balaban J connectivity index is 0.887. The summed E-state index contributed by atoms with van der Waals surface area (Å²) in [5.74, 6) is 0. The van der Waals surface area contributed by atoms with Crippen molar-refractivity contribution in [2.24, 2.45) is 0 Å². The lowest BCUT2D eigenvalue weighted by Crippen LogP contribution is -2.10. The lowest BCUT2D eigenvalue weighted by Gasteiger charge is -2.26. The van der Waals surface area contributed by atoms with Gasteiger partial charge in [0.1, 0.15) is 0 Å². The van der Waals surface area contributed by atoms with Crippen molar-refractivity contribution in [3.8, 4) is 22.3 Å². The molecule has 5 heteroatoms. The topological polar surface area (TPSA) is 10.9 Å². The maximum absolute atomic E-state index is 2.52. The Morgan fingerprint density at radius 1 is 0.296 bits per heavy atom. The van der Waals surface area contributed by atoms with Crippen LogP contribution in [0.2, 0.25) is 0 Å². The quantitative estimate of drug-likeness (QED) is 0.150. The summed E-state index contributed by atoms with van der Waals surface area (Å²) in [6.07, 6.45) is 0. The smallest absolute Gasteiger partial charge is 0.0640 e. The van der Waals surface area contributed by atoms with E-state index in [1.54, 1.807) is 0 Å². The Hall–Kier alpha value is -8.74. The SMILES string of the molecule is c1ccc(N(c2cccc(-c3cccc4c3c3cccc5c6c(-c7cccc(N(c8ccccc8)c8cccc9c8sc8ccccc89)c7)cccc6n4c35)c2)c2cccc3c2sc2ccccc23)cc1. The standard InChI is InChI=1S/C66H41N3S2/c1-3-20-44(21-4-1)67(58-36-16-30-52-50-26-7-9-38-60(50)70-65(52)58)46-24-11-18-42(40-46)48-28-14-34-56-62(48)54-32-13-33-55-63-49(29-15-35-57(63)69(56)64(54)55)43-19-12-25-47(41-43)68(45-22-5-2-6-23-45)59-37-17-31-53-51-27-8-10-39-61(51)71-66(53)59/h1-41H. The number of benzene rings is 11. The number of fused-ring (bicyclic) bond motifs is 12. The van der Waals surface area contributed by atoms with E-state index in [0.717, 1.165) is 22.7 Å². The van der Waals surface area contributed by atoms with Gasteiger partial charge in [0.2, 0.25) is 0 Å². The van der Waals surface area contributed by atoms with Crippen molar-refractivity contribution in [3.63, 3.8) is 0 Å². The molecule has 0 amide bonds. The van der Waals surface area contributed by atoms with E-state index in [1.807, 2.05) is 22.7 Å². The third-order valence-corrected chi connectivity index (χ3v) is 16.9. The molecule has 0 aliphatic rings. The molecule has 0 saturated carbocycles. The summed E-state index contributed by atoms with van der Waals surface area (Å²) >= 11 is 3.74. The number of anilines is 6. The molecular weight excluding hydrogens is 899 g/mol. The second-order valence-corrected chi connectivity index (χ2v) is 20.5. The number of nitrogens with zero attached hydrogens (tertiary/aromatic N) is 3. The molecule has 0 spiro atoms. The van der Waals surface area contributed by atoms with Crippen LogP contribution in [0.15, 0.2) is 249 Å². The summed E-state index contributed by atoms with van der Waals surface area (Å²) in [5.41, 5.74) is 15.3. The lowest BCUT2D eigenvalue weighted by molar-refractivity contribution is 1.30. The highest BCUT2D eigenvalue weighted by Gasteiger charge is 2.24. The zero-order valence-corrected chi connectivity index (χ0v) is 40.0. The van der Waals surface area contributed by atoms with Gasteiger partial charge in [-0.1, -0.05) is 164 Å². The van der Waals surface area contributed by atoms with Gasteiger partial charge < -0.3 is 14.2 Å². The van der Waals surface area contributed by atoms with Crippen molar-refractivity contribution in [1.29, 1.82) is 0 Å². The van der Waals surface area contributed by atoms with Gasteiger partial charge in [0, 0.05) is 75.2 Å². The van der Waals surface area contributed by atoms with E-state index in [4.69, 9.17) is 0 Å². The maximum atomic E-state index is 2.52. The van der Waals surface area contributed by atoms with Crippen molar-refractivity contribution in [2.75, 3.05) is 9.80 Å². The minimum atomic E-state index is 1.12. The number of rotatable bonds is 8. The van der Waals surface area contributed by atoms with Gasteiger partial charge in [-0.25, -0.2) is 0 Å². The summed E-state index contributed by atoms with van der Waals surface area (Å²) in [4.78, 5) is 4.87. The van der Waals surface area contributed by atoms with Crippen molar-refractivity contribution in [2.45, 2.75) is 0 Å². The zero-order chi connectivity index (χ0) is 46.6. The minimum Gasteiger partial charge on any atom is -0.309 e. The summed E-state index contributed by atoms with van der Waals surface area (Å²) in [7, 11) is 0. The minimum absolute atomic E-state index is 1.12. The van der Waals surface area contributed by atoms with Crippen LogP contribution in [0, 0.1) is 0 Å². The summed E-state index contributed by atoms with van der Waals surface area (Å²) in [6.45, 7) is 0. The van der Waals surface area contributed by atoms with Gasteiger partial charge >= 0.3 is 0 Å². The van der Waals surface area contributed by atoms with Gasteiger partial charge in [0.05, 0.1) is 37.3 Å². The summed E-state index contributed by atoms with van der Waals surface area (Å²) < 4.78 is 7.69. The molecule has 0 saturated heterocycles. The van der Waals surface area contributed by atoms with Crippen LogP contribution in [0.25, 0.3) is 101 Å². The predicted molar refractivity (Wildman–Crippen MR) is 307 cm³/mol. The highest BCUT2D eigenvalue weighted by Crippen LogP contribution is 2.50. The monoisotopic (exact) mass is 939 g/mol. The summed E-state index contributed by atoms with van der Waals surface area (Å²) in [5, 5.41) is 10.2. The first-order valence-electron chi connectivity index (χ1n) is 24.2. The van der Waals surface area contributed by atoms with Crippen LogP contribution in [0.1, 0.15) is 0 Å². The normalized spacial score (nSPS) is 11.9. The largest absolute Gasteiger partial charge is 0.309 e. The van der Waals surface area contributed by atoms with Crippen molar-refractivity contribution in [1.82, 2.24) is 4.40 Å². The van der Waals surface area contributed by atoms with Gasteiger partial charge in [-0.15, -0.1) is 22.7 Å². The second kappa shape index (κ2) is 15.9. The molecule has 0 aliphatic heterocycles. The van der Waals surface area contributed by atoms with E-state index in [0.29, 0.717) is 0 Å². The Morgan fingerprint density at radius 3 is 1.17 bits per heavy atom. The highest BCUT2D eigenvalue weighted by atomic mass is 32.1. The Kier molecular flexibility index (Phi) is 9.00. The van der Waals surface area contributed by atoms with Crippen LogP contribution in [0.4, 0.5) is 34.1 Å². The molecule has 11 aromatic carbocycles. The van der Waals surface area contributed by atoms with Crippen LogP contribution in [0.5, 0.6) is 0 Å². The average molecular weight is 940 g/mol. The molecule has 0 radical (unpaired) electrons. The van der Waals surface area contributed by atoms with E-state index < -0.39 is 0 Å². The van der Waals surface area contributed by atoms with Crippen LogP contribution < -0.4 is 9.80 Å². The summed E-state index contributed by atoms with van der Waals surface area (Å²) in [6, 6.07) is 91.5. The molecule has 0 unspecified atom stereocenters. The molecule has 0 bridgehead atoms. The molecule has 15 rings (SSSR count). The lowest BCUT2D eigenvalue weighted by atomic mass is 9.96. The number of thiophene rings is 2. The molecule has 0 atom stereocenters. The fourth-order valence-corrected chi connectivity index (χ4v) is 13.9. The first-order valence-corrected chi connectivity index (χ1v) is 25.8. The number of aromatic nitrogens is 1. The van der Waals surface area contributed by atoms with Gasteiger partial charge in [-0.2, -0.15) is 0 Å². The Morgan fingerprint density at radius 2 is 0.676 bits per heavy atom. The molecule has 3 nitrogen and oxygen atoms in total.